The molecule has 0 radical (unpaired) electrons. The van der Waals surface area contributed by atoms with Crippen molar-refractivity contribution < 1.29 is 9.21 Å². The van der Waals surface area contributed by atoms with Crippen LogP contribution in [-0.4, -0.2) is 21.1 Å². The van der Waals surface area contributed by atoms with Gasteiger partial charge in [0.25, 0.3) is 5.91 Å². The Labute approximate surface area is 97.4 Å². The lowest BCUT2D eigenvalue weighted by Crippen LogP contribution is -2.23. The second-order valence-corrected chi connectivity index (χ2v) is 3.45. The molecule has 4 N–H and O–H groups in total. The van der Waals surface area contributed by atoms with Gasteiger partial charge in [0.2, 0.25) is 5.89 Å². The molecule has 0 aliphatic carbocycles. The summed E-state index contributed by atoms with van der Waals surface area (Å²) in [7, 11) is 0. The van der Waals surface area contributed by atoms with Crippen molar-refractivity contribution in [2.24, 2.45) is 0 Å². The number of amides is 1. The smallest absolute Gasteiger partial charge is 0.257 e. The van der Waals surface area contributed by atoms with Gasteiger partial charge in [0, 0.05) is 6.42 Å². The molecule has 0 atom stereocenters. The van der Waals surface area contributed by atoms with Crippen LogP contribution in [0.15, 0.2) is 16.8 Å². The first-order chi connectivity index (χ1) is 8.20. The number of oxazole rings is 1. The van der Waals surface area contributed by atoms with Crippen molar-refractivity contribution in [2.75, 3.05) is 5.73 Å². The van der Waals surface area contributed by atoms with E-state index in [-0.39, 0.29) is 18.3 Å². The topological polar surface area (TPSA) is 110 Å². The van der Waals surface area contributed by atoms with Crippen LogP contribution < -0.4 is 11.1 Å². The van der Waals surface area contributed by atoms with E-state index in [9.17, 15) is 4.79 Å². The third-order valence-electron chi connectivity index (χ3n) is 2.26. The summed E-state index contributed by atoms with van der Waals surface area (Å²) >= 11 is 0. The van der Waals surface area contributed by atoms with Crippen LogP contribution in [0.4, 0.5) is 5.82 Å². The van der Waals surface area contributed by atoms with Crippen LogP contribution in [0.25, 0.3) is 0 Å². The van der Waals surface area contributed by atoms with E-state index in [2.05, 4.69) is 20.5 Å². The molecule has 90 valence electrons. The van der Waals surface area contributed by atoms with Crippen molar-refractivity contribution >= 4 is 11.7 Å². The van der Waals surface area contributed by atoms with Crippen molar-refractivity contribution in [1.29, 1.82) is 0 Å². The van der Waals surface area contributed by atoms with Crippen molar-refractivity contribution in [1.82, 2.24) is 20.5 Å². The number of aromatic amines is 1. The second-order valence-electron chi connectivity index (χ2n) is 3.45. The van der Waals surface area contributed by atoms with Crippen molar-refractivity contribution in [3.05, 3.63) is 29.6 Å². The molecule has 0 fully saturated rings. The molecular formula is C10H13N5O2. The SMILES string of the molecule is CCc1cnc(CNC(=O)c2cn[nH]c2N)o1. The number of aromatic nitrogens is 3. The van der Waals surface area contributed by atoms with E-state index in [0.717, 1.165) is 12.2 Å². The van der Waals surface area contributed by atoms with Crippen LogP contribution in [0.1, 0.15) is 28.9 Å². The molecule has 0 aromatic carbocycles. The Bertz CT molecular complexity index is 516. The molecule has 0 bridgehead atoms. The summed E-state index contributed by atoms with van der Waals surface area (Å²) in [6.45, 7) is 2.19. The fourth-order valence-electron chi connectivity index (χ4n) is 1.32. The molecule has 2 aromatic rings. The molecule has 2 rings (SSSR count). The summed E-state index contributed by atoms with van der Waals surface area (Å²) in [6, 6.07) is 0. The second kappa shape index (κ2) is 4.69. The summed E-state index contributed by atoms with van der Waals surface area (Å²) in [5.74, 6) is 1.19. The van der Waals surface area contributed by atoms with Gasteiger partial charge in [-0.2, -0.15) is 5.10 Å². The van der Waals surface area contributed by atoms with E-state index in [1.54, 1.807) is 6.20 Å². The van der Waals surface area contributed by atoms with E-state index in [4.69, 9.17) is 10.2 Å². The van der Waals surface area contributed by atoms with Gasteiger partial charge in [-0.3, -0.25) is 9.89 Å². The van der Waals surface area contributed by atoms with E-state index in [1.807, 2.05) is 6.92 Å². The van der Waals surface area contributed by atoms with Gasteiger partial charge in [0.15, 0.2) is 0 Å². The molecule has 0 saturated heterocycles. The molecule has 7 heteroatoms. The van der Waals surface area contributed by atoms with E-state index in [1.165, 1.54) is 6.20 Å². The van der Waals surface area contributed by atoms with Gasteiger partial charge in [-0.1, -0.05) is 6.92 Å². The number of rotatable bonds is 4. The number of nitrogen functional groups attached to an aromatic ring is 1. The minimum absolute atomic E-state index is 0.226. The van der Waals surface area contributed by atoms with Gasteiger partial charge >= 0.3 is 0 Å². The van der Waals surface area contributed by atoms with Crippen LogP contribution >= 0.6 is 0 Å². The molecule has 0 aliphatic rings. The average Bonchev–Trinajstić information content (AvgIpc) is 2.94. The highest BCUT2D eigenvalue weighted by Gasteiger charge is 2.12. The molecule has 0 spiro atoms. The van der Waals surface area contributed by atoms with E-state index in [0.29, 0.717) is 11.5 Å². The fourth-order valence-corrected chi connectivity index (χ4v) is 1.32. The maximum atomic E-state index is 11.7. The van der Waals surface area contributed by atoms with E-state index < -0.39 is 0 Å². The van der Waals surface area contributed by atoms with Crippen LogP contribution in [-0.2, 0) is 13.0 Å². The standard InChI is InChI=1S/C10H13N5O2/c1-2-6-3-12-8(17-6)5-13-10(16)7-4-14-15-9(7)11/h3-4H,2,5H2,1H3,(H,13,16)(H3,11,14,15). The summed E-state index contributed by atoms with van der Waals surface area (Å²) < 4.78 is 5.35. The first-order valence-electron chi connectivity index (χ1n) is 5.21. The number of carbonyl (C=O) groups is 1. The van der Waals surface area contributed by atoms with E-state index >= 15 is 0 Å². The van der Waals surface area contributed by atoms with Gasteiger partial charge < -0.3 is 15.5 Å². The lowest BCUT2D eigenvalue weighted by atomic mass is 10.3. The molecule has 1 amide bonds. The molecule has 17 heavy (non-hydrogen) atoms. The zero-order chi connectivity index (χ0) is 12.3. The maximum Gasteiger partial charge on any atom is 0.257 e. The minimum Gasteiger partial charge on any atom is -0.444 e. The third-order valence-corrected chi connectivity index (χ3v) is 2.26. The highest BCUT2D eigenvalue weighted by molar-refractivity contribution is 5.97. The Morgan fingerprint density at radius 1 is 1.59 bits per heavy atom. The summed E-state index contributed by atoms with van der Waals surface area (Å²) in [5.41, 5.74) is 5.83. The number of carbonyl (C=O) groups excluding carboxylic acids is 1. The number of anilines is 1. The first kappa shape index (κ1) is 11.2. The average molecular weight is 235 g/mol. The number of H-pyrrole nitrogens is 1. The minimum atomic E-state index is -0.313. The molecule has 0 unspecified atom stereocenters. The Morgan fingerprint density at radius 3 is 3.00 bits per heavy atom. The van der Waals surface area contributed by atoms with Crippen molar-refractivity contribution in [3.8, 4) is 0 Å². The Kier molecular flexibility index (Phi) is 3.08. The maximum absolute atomic E-state index is 11.7. The van der Waals surface area contributed by atoms with Crippen LogP contribution in [0.5, 0.6) is 0 Å². The first-order valence-corrected chi connectivity index (χ1v) is 5.21. The highest BCUT2D eigenvalue weighted by atomic mass is 16.4. The fraction of sp³-hybridized carbons (Fsp3) is 0.300. The normalized spacial score (nSPS) is 10.4. The molecular weight excluding hydrogens is 222 g/mol. The Hall–Kier alpha value is -2.31. The summed E-state index contributed by atoms with van der Waals surface area (Å²) in [4.78, 5) is 15.7. The number of nitrogens with zero attached hydrogens (tertiary/aromatic N) is 2. The van der Waals surface area contributed by atoms with Crippen LogP contribution in [0.2, 0.25) is 0 Å². The van der Waals surface area contributed by atoms with Gasteiger partial charge in [-0.05, 0) is 0 Å². The largest absolute Gasteiger partial charge is 0.444 e. The van der Waals surface area contributed by atoms with Gasteiger partial charge in [0.1, 0.15) is 17.1 Å². The monoisotopic (exact) mass is 235 g/mol. The predicted molar refractivity (Wildman–Crippen MR) is 60.1 cm³/mol. The zero-order valence-corrected chi connectivity index (χ0v) is 9.36. The van der Waals surface area contributed by atoms with Crippen molar-refractivity contribution in [3.63, 3.8) is 0 Å². The highest BCUT2D eigenvalue weighted by Crippen LogP contribution is 2.07. The van der Waals surface area contributed by atoms with Gasteiger partial charge in [0.05, 0.1) is 18.9 Å². The van der Waals surface area contributed by atoms with Gasteiger partial charge in [-0.25, -0.2) is 4.98 Å². The van der Waals surface area contributed by atoms with Crippen LogP contribution in [0.3, 0.4) is 0 Å². The lowest BCUT2D eigenvalue weighted by molar-refractivity contribution is 0.0948. The Morgan fingerprint density at radius 2 is 2.41 bits per heavy atom. The number of nitrogens with one attached hydrogen (secondary N) is 2. The molecule has 2 heterocycles. The summed E-state index contributed by atoms with van der Waals surface area (Å²) in [6.07, 6.45) is 3.79. The number of nitrogens with two attached hydrogens (primary N) is 1. The molecule has 2 aromatic heterocycles. The molecule has 7 nitrogen and oxygen atoms in total. The quantitative estimate of drug-likeness (QED) is 0.713. The molecule has 0 aliphatic heterocycles. The number of hydrogen-bond donors (Lipinski definition) is 3. The number of hydrogen-bond acceptors (Lipinski definition) is 5. The number of aryl methyl sites for hydroxylation is 1. The van der Waals surface area contributed by atoms with Gasteiger partial charge in [-0.15, -0.1) is 0 Å². The Balaban J connectivity index is 1.94. The predicted octanol–water partition coefficient (Wildman–Crippen LogP) is 0.472. The third kappa shape index (κ3) is 2.44. The zero-order valence-electron chi connectivity index (χ0n) is 9.36. The van der Waals surface area contributed by atoms with Crippen molar-refractivity contribution in [2.45, 2.75) is 19.9 Å². The molecule has 0 saturated carbocycles. The lowest BCUT2D eigenvalue weighted by Gasteiger charge is -2.00. The van der Waals surface area contributed by atoms with Crippen LogP contribution in [0, 0.1) is 0 Å². The summed E-state index contributed by atoms with van der Waals surface area (Å²) in [5, 5.41) is 8.80.